The van der Waals surface area contributed by atoms with Gasteiger partial charge in [0.1, 0.15) is 24.0 Å². The predicted molar refractivity (Wildman–Crippen MR) is 134 cm³/mol. The molecule has 0 saturated heterocycles. The summed E-state index contributed by atoms with van der Waals surface area (Å²) in [4.78, 5) is 59.7. The Kier molecular flexibility index (Phi) is 14.4. The topological polar surface area (TPSA) is 110 Å². The van der Waals surface area contributed by atoms with E-state index in [2.05, 4.69) is 5.32 Å². The molecule has 1 aromatic carbocycles. The van der Waals surface area contributed by atoms with Crippen LogP contribution in [-0.4, -0.2) is 60.9 Å². The van der Waals surface area contributed by atoms with Gasteiger partial charge in [-0.1, -0.05) is 37.6 Å². The Bertz CT molecular complexity index is 850. The highest BCUT2D eigenvalue weighted by atomic mass is 16.5. The first-order valence-corrected chi connectivity index (χ1v) is 12.3. The van der Waals surface area contributed by atoms with Crippen molar-refractivity contribution in [2.75, 3.05) is 26.8 Å². The molecule has 1 N–H and O–H groups in total. The van der Waals surface area contributed by atoms with E-state index in [1.807, 2.05) is 31.2 Å². The molecule has 0 fully saturated rings. The summed E-state index contributed by atoms with van der Waals surface area (Å²) < 4.78 is 5.42. The van der Waals surface area contributed by atoms with Gasteiger partial charge in [-0.3, -0.25) is 24.0 Å². The molecule has 194 valence electrons. The van der Waals surface area contributed by atoms with Crippen LogP contribution >= 0.6 is 0 Å². The average molecular weight is 489 g/mol. The van der Waals surface area contributed by atoms with Gasteiger partial charge in [-0.05, 0) is 44.2 Å². The number of benzene rings is 1. The van der Waals surface area contributed by atoms with Gasteiger partial charge in [0, 0.05) is 45.5 Å². The molecule has 0 aromatic heterocycles. The summed E-state index contributed by atoms with van der Waals surface area (Å²) >= 11 is 0. The maximum atomic E-state index is 12.3. The maximum Gasteiger partial charge on any atom is 0.248 e. The summed E-state index contributed by atoms with van der Waals surface area (Å²) in [6.07, 6.45) is 3.65. The molecule has 0 aliphatic rings. The monoisotopic (exact) mass is 488 g/mol. The minimum absolute atomic E-state index is 0.0388. The molecular weight excluding hydrogens is 448 g/mol. The van der Waals surface area contributed by atoms with Crippen molar-refractivity contribution in [1.29, 1.82) is 0 Å². The fourth-order valence-electron chi connectivity index (χ4n) is 3.39. The first-order valence-electron chi connectivity index (χ1n) is 12.3. The van der Waals surface area contributed by atoms with Crippen molar-refractivity contribution < 1.29 is 28.7 Å². The van der Waals surface area contributed by atoms with E-state index in [4.69, 9.17) is 4.74 Å². The van der Waals surface area contributed by atoms with Crippen molar-refractivity contribution in [2.45, 2.75) is 72.3 Å². The molecule has 1 unspecified atom stereocenters. The molecule has 0 spiro atoms. The van der Waals surface area contributed by atoms with Crippen molar-refractivity contribution >= 4 is 29.2 Å². The van der Waals surface area contributed by atoms with E-state index in [-0.39, 0.29) is 54.5 Å². The lowest BCUT2D eigenvalue weighted by Crippen LogP contribution is -2.30. The highest BCUT2D eigenvalue weighted by molar-refractivity contribution is 5.98. The zero-order valence-electron chi connectivity index (χ0n) is 21.6. The van der Waals surface area contributed by atoms with Gasteiger partial charge in [0.25, 0.3) is 0 Å². The van der Waals surface area contributed by atoms with Crippen LogP contribution < -0.4 is 5.32 Å². The standard InChI is InChI=1S/C27H40N2O6/c1-20(22(3)31)8-5-6-14-28-26(33)9-7-15-35-19-27(34)29(4)18-24-12-10-23(11-13-24)17-25(32)16-21(2)30/h10-13,20H,5-9,14-19H2,1-4H3,(H,28,33). The quantitative estimate of drug-likeness (QED) is 0.251. The molecule has 8 heteroatoms. The molecule has 1 aromatic rings. The predicted octanol–water partition coefficient (Wildman–Crippen LogP) is 3.04. The van der Waals surface area contributed by atoms with Gasteiger partial charge in [0.2, 0.25) is 11.8 Å². The van der Waals surface area contributed by atoms with Gasteiger partial charge in [-0.25, -0.2) is 0 Å². The van der Waals surface area contributed by atoms with Gasteiger partial charge in [0.15, 0.2) is 0 Å². The number of hydrogen-bond acceptors (Lipinski definition) is 6. The lowest BCUT2D eigenvalue weighted by atomic mass is 10.0. The molecule has 0 heterocycles. The molecule has 1 atom stereocenters. The van der Waals surface area contributed by atoms with Crippen molar-refractivity contribution in [3.8, 4) is 0 Å². The normalized spacial score (nSPS) is 11.5. The van der Waals surface area contributed by atoms with E-state index < -0.39 is 0 Å². The SMILES string of the molecule is CC(=O)CC(=O)Cc1ccc(CN(C)C(=O)COCCCC(=O)NCCCCC(C)C(C)=O)cc1. The summed E-state index contributed by atoms with van der Waals surface area (Å²) in [6, 6.07) is 7.40. The molecule has 35 heavy (non-hydrogen) atoms. The van der Waals surface area contributed by atoms with Crippen LogP contribution in [0.25, 0.3) is 0 Å². The van der Waals surface area contributed by atoms with Gasteiger partial charge >= 0.3 is 0 Å². The number of carbonyl (C=O) groups is 5. The number of Topliss-reactive ketones (excluding diaryl/α,β-unsaturated/α-hetero) is 3. The zero-order valence-corrected chi connectivity index (χ0v) is 21.6. The number of unbranched alkanes of at least 4 members (excludes halogenated alkanes) is 1. The van der Waals surface area contributed by atoms with E-state index in [0.29, 0.717) is 32.5 Å². The number of hydrogen-bond donors (Lipinski definition) is 1. The number of amides is 2. The van der Waals surface area contributed by atoms with Gasteiger partial charge in [-0.2, -0.15) is 0 Å². The van der Waals surface area contributed by atoms with E-state index in [1.165, 1.54) is 6.92 Å². The molecular formula is C27H40N2O6. The lowest BCUT2D eigenvalue weighted by Gasteiger charge is -2.17. The van der Waals surface area contributed by atoms with Gasteiger partial charge < -0.3 is 15.0 Å². The van der Waals surface area contributed by atoms with E-state index in [9.17, 15) is 24.0 Å². The third-order valence-electron chi connectivity index (χ3n) is 5.71. The van der Waals surface area contributed by atoms with E-state index in [0.717, 1.165) is 30.4 Å². The Balaban J connectivity index is 2.16. The molecule has 0 bridgehead atoms. The van der Waals surface area contributed by atoms with Gasteiger partial charge in [0.05, 0.1) is 6.42 Å². The summed E-state index contributed by atoms with van der Waals surface area (Å²) in [5.41, 5.74) is 1.76. The number of carbonyl (C=O) groups excluding carboxylic acids is 5. The number of ketones is 3. The second kappa shape index (κ2) is 16.7. The van der Waals surface area contributed by atoms with Crippen molar-refractivity contribution in [3.63, 3.8) is 0 Å². The third-order valence-corrected chi connectivity index (χ3v) is 5.71. The van der Waals surface area contributed by atoms with Crippen LogP contribution in [0.1, 0.15) is 70.4 Å². The second-order valence-corrected chi connectivity index (χ2v) is 9.17. The number of ether oxygens (including phenoxy) is 1. The highest BCUT2D eigenvalue weighted by Crippen LogP contribution is 2.10. The Morgan fingerprint density at radius 2 is 1.63 bits per heavy atom. The Morgan fingerprint density at radius 3 is 2.26 bits per heavy atom. The summed E-state index contributed by atoms with van der Waals surface area (Å²) in [5.74, 6) is -0.169. The minimum atomic E-state index is -0.157. The summed E-state index contributed by atoms with van der Waals surface area (Å²) in [5, 5.41) is 2.87. The number of nitrogens with one attached hydrogen (secondary N) is 1. The van der Waals surface area contributed by atoms with E-state index in [1.54, 1.807) is 18.9 Å². The molecule has 2 amide bonds. The molecule has 8 nitrogen and oxygen atoms in total. The second-order valence-electron chi connectivity index (χ2n) is 9.17. The molecule has 0 aliphatic heterocycles. The van der Waals surface area contributed by atoms with Crippen LogP contribution in [0.4, 0.5) is 0 Å². The first-order chi connectivity index (χ1) is 16.6. The van der Waals surface area contributed by atoms with Crippen LogP contribution in [0.2, 0.25) is 0 Å². The number of rotatable bonds is 18. The largest absolute Gasteiger partial charge is 0.372 e. The Labute approximate surface area is 208 Å². The summed E-state index contributed by atoms with van der Waals surface area (Å²) in [6.45, 7) is 6.21. The molecule has 0 radical (unpaired) electrons. The molecule has 0 aliphatic carbocycles. The lowest BCUT2D eigenvalue weighted by molar-refractivity contribution is -0.135. The molecule has 0 saturated carbocycles. The third kappa shape index (κ3) is 14.2. The summed E-state index contributed by atoms with van der Waals surface area (Å²) in [7, 11) is 1.70. The fourth-order valence-corrected chi connectivity index (χ4v) is 3.39. The maximum absolute atomic E-state index is 12.3. The van der Waals surface area contributed by atoms with Crippen LogP contribution in [0, 0.1) is 5.92 Å². The Hall–Kier alpha value is -2.87. The average Bonchev–Trinajstić information content (AvgIpc) is 2.78. The van der Waals surface area contributed by atoms with Crippen molar-refractivity contribution in [2.24, 2.45) is 5.92 Å². The van der Waals surface area contributed by atoms with Gasteiger partial charge in [-0.15, -0.1) is 0 Å². The first kappa shape index (κ1) is 30.2. The van der Waals surface area contributed by atoms with E-state index >= 15 is 0 Å². The van der Waals surface area contributed by atoms with Crippen LogP contribution in [-0.2, 0) is 41.7 Å². The Morgan fingerprint density at radius 1 is 0.971 bits per heavy atom. The van der Waals surface area contributed by atoms with Crippen LogP contribution in [0.5, 0.6) is 0 Å². The minimum Gasteiger partial charge on any atom is -0.372 e. The van der Waals surface area contributed by atoms with Crippen molar-refractivity contribution in [3.05, 3.63) is 35.4 Å². The fraction of sp³-hybridized carbons (Fsp3) is 0.593. The van der Waals surface area contributed by atoms with Crippen LogP contribution in [0.3, 0.4) is 0 Å². The number of likely N-dealkylation sites (N-methyl/N-ethyl adjacent to an activating group) is 1. The van der Waals surface area contributed by atoms with Crippen LogP contribution in [0.15, 0.2) is 24.3 Å². The zero-order chi connectivity index (χ0) is 26.2. The highest BCUT2D eigenvalue weighted by Gasteiger charge is 2.11. The molecule has 1 rings (SSSR count). The van der Waals surface area contributed by atoms with Crippen molar-refractivity contribution in [1.82, 2.24) is 10.2 Å². The smallest absolute Gasteiger partial charge is 0.248 e. The number of nitrogens with zero attached hydrogens (tertiary/aromatic N) is 1.